The van der Waals surface area contributed by atoms with Crippen LogP contribution in [-0.2, 0) is 14.3 Å². The van der Waals surface area contributed by atoms with Gasteiger partial charge in [0.05, 0.1) is 5.70 Å². The maximum Gasteiger partial charge on any atom is 0.411 e. The van der Waals surface area contributed by atoms with E-state index in [4.69, 9.17) is 15.9 Å². The minimum absolute atomic E-state index is 0.00287. The third-order valence-corrected chi connectivity index (χ3v) is 5.34. The first-order valence-electron chi connectivity index (χ1n) is 11.7. The second-order valence-corrected chi connectivity index (χ2v) is 10.1. The van der Waals surface area contributed by atoms with E-state index in [1.165, 1.54) is 18.5 Å². The SMILES string of the molecule is CC(C)N=C(/C=C\N)C(=O)N[C@H](C(=O)N/C(C=N)=C/NC(=O)OC(C)(C)C)C(C1CC1)C1CC1. The Bertz CT molecular complexity index is 851. The zero-order chi connectivity index (χ0) is 25.5. The number of nitrogens with two attached hydrogens (primary N) is 1. The Morgan fingerprint density at radius 1 is 1.12 bits per heavy atom. The molecule has 2 aliphatic carbocycles. The molecule has 0 unspecified atom stereocenters. The molecule has 2 fully saturated rings. The first kappa shape index (κ1) is 27.1. The van der Waals surface area contributed by atoms with Crippen LogP contribution in [0.2, 0.25) is 0 Å². The van der Waals surface area contributed by atoms with Gasteiger partial charge in [-0.05, 0) is 90.3 Å². The van der Waals surface area contributed by atoms with Gasteiger partial charge in [-0.25, -0.2) is 4.79 Å². The Labute approximate surface area is 201 Å². The highest BCUT2D eigenvalue weighted by molar-refractivity contribution is 6.43. The Hall–Kier alpha value is -3.17. The number of ether oxygens (including phenoxy) is 1. The Morgan fingerprint density at radius 3 is 2.15 bits per heavy atom. The van der Waals surface area contributed by atoms with Crippen LogP contribution in [0.25, 0.3) is 0 Å². The van der Waals surface area contributed by atoms with Crippen LogP contribution in [0.15, 0.2) is 29.2 Å². The Kier molecular flexibility index (Phi) is 9.40. The normalized spacial score (nSPS) is 18.1. The van der Waals surface area contributed by atoms with E-state index in [0.29, 0.717) is 11.8 Å². The van der Waals surface area contributed by atoms with E-state index in [-0.39, 0.29) is 23.4 Å². The second kappa shape index (κ2) is 11.8. The number of carbonyl (C=O) groups is 3. The molecule has 0 aliphatic heterocycles. The van der Waals surface area contributed by atoms with Crippen molar-refractivity contribution in [1.82, 2.24) is 16.0 Å². The van der Waals surface area contributed by atoms with Crippen molar-refractivity contribution in [2.45, 2.75) is 78.0 Å². The van der Waals surface area contributed by atoms with Gasteiger partial charge in [-0.1, -0.05) is 0 Å². The lowest BCUT2D eigenvalue weighted by Gasteiger charge is -2.27. The quantitative estimate of drug-likeness (QED) is 0.290. The smallest absolute Gasteiger partial charge is 0.411 e. The number of aliphatic imine (C=N–C) groups is 1. The summed E-state index contributed by atoms with van der Waals surface area (Å²) < 4.78 is 5.17. The van der Waals surface area contributed by atoms with Gasteiger partial charge in [-0.3, -0.25) is 19.9 Å². The Balaban J connectivity index is 2.20. The van der Waals surface area contributed by atoms with Gasteiger partial charge < -0.3 is 26.5 Å². The summed E-state index contributed by atoms with van der Waals surface area (Å²) in [6.07, 6.45) is 8.14. The molecule has 0 aromatic carbocycles. The van der Waals surface area contributed by atoms with Crippen LogP contribution >= 0.6 is 0 Å². The van der Waals surface area contributed by atoms with Crippen molar-refractivity contribution in [2.75, 3.05) is 0 Å². The van der Waals surface area contributed by atoms with Crippen molar-refractivity contribution in [3.63, 3.8) is 0 Å². The molecule has 0 heterocycles. The number of rotatable bonds is 11. The summed E-state index contributed by atoms with van der Waals surface area (Å²) in [6, 6.07) is -0.931. The predicted molar refractivity (Wildman–Crippen MR) is 131 cm³/mol. The first-order valence-corrected chi connectivity index (χ1v) is 11.7. The number of alkyl carbamates (subject to hydrolysis) is 1. The minimum atomic E-state index is -0.805. The number of nitrogens with one attached hydrogen (secondary N) is 4. The van der Waals surface area contributed by atoms with E-state index in [9.17, 15) is 14.4 Å². The monoisotopic (exact) mass is 474 g/mol. The van der Waals surface area contributed by atoms with E-state index in [2.05, 4.69) is 20.9 Å². The van der Waals surface area contributed by atoms with Crippen LogP contribution in [0.1, 0.15) is 60.3 Å². The van der Waals surface area contributed by atoms with Gasteiger partial charge in [0, 0.05) is 18.5 Å². The van der Waals surface area contributed by atoms with Crippen molar-refractivity contribution in [2.24, 2.45) is 28.5 Å². The van der Waals surface area contributed by atoms with E-state index >= 15 is 0 Å². The fraction of sp³-hybridized carbons (Fsp3) is 0.625. The number of hydrogen-bond donors (Lipinski definition) is 5. The lowest BCUT2D eigenvalue weighted by Crippen LogP contribution is -2.53. The van der Waals surface area contributed by atoms with Crippen LogP contribution in [-0.4, -0.2) is 47.5 Å². The summed E-state index contributed by atoms with van der Waals surface area (Å²) in [5.74, 6) is -0.192. The molecule has 10 heteroatoms. The molecule has 34 heavy (non-hydrogen) atoms. The van der Waals surface area contributed by atoms with E-state index in [1.54, 1.807) is 20.8 Å². The third kappa shape index (κ3) is 8.99. The highest BCUT2D eigenvalue weighted by atomic mass is 16.6. The van der Waals surface area contributed by atoms with E-state index in [0.717, 1.165) is 31.9 Å². The topological polar surface area (TPSA) is 159 Å². The lowest BCUT2D eigenvalue weighted by molar-refractivity contribution is -0.127. The number of amides is 3. The lowest BCUT2D eigenvalue weighted by atomic mass is 9.88. The summed E-state index contributed by atoms with van der Waals surface area (Å²) in [5.41, 5.74) is 5.02. The second-order valence-electron chi connectivity index (χ2n) is 10.1. The number of hydrogen-bond acceptors (Lipinski definition) is 7. The van der Waals surface area contributed by atoms with Gasteiger partial charge in [0.1, 0.15) is 17.4 Å². The molecule has 6 N–H and O–H groups in total. The van der Waals surface area contributed by atoms with Crippen molar-refractivity contribution in [1.29, 1.82) is 5.41 Å². The highest BCUT2D eigenvalue weighted by Gasteiger charge is 2.48. The highest BCUT2D eigenvalue weighted by Crippen LogP contribution is 2.50. The maximum atomic E-state index is 13.3. The van der Waals surface area contributed by atoms with Gasteiger partial charge in [0.2, 0.25) is 5.91 Å². The minimum Gasteiger partial charge on any atom is -0.444 e. The van der Waals surface area contributed by atoms with Crippen LogP contribution in [0, 0.1) is 23.2 Å². The fourth-order valence-electron chi connectivity index (χ4n) is 3.77. The maximum absolute atomic E-state index is 13.3. The van der Waals surface area contributed by atoms with Gasteiger partial charge in [-0.15, -0.1) is 0 Å². The molecule has 2 rings (SSSR count). The van der Waals surface area contributed by atoms with Crippen LogP contribution in [0.5, 0.6) is 0 Å². The molecular formula is C24H38N6O4. The number of nitrogens with zero attached hydrogens (tertiary/aromatic N) is 1. The first-order chi connectivity index (χ1) is 15.9. The van der Waals surface area contributed by atoms with Crippen molar-refractivity contribution < 1.29 is 19.1 Å². The zero-order valence-electron chi connectivity index (χ0n) is 20.7. The standard InChI is InChI=1S/C24H38N6O4/c1-14(2)28-18(10-11-25)21(31)30-20(19(15-6-7-15)16-8-9-16)22(32)29-17(12-26)13-27-23(33)34-24(3,4)5/h10-16,19-20,26H,6-9,25H2,1-5H3,(H,27,33)(H,29,32)(H,30,31)/b11-10-,17-13+,26-12?,28-18?/t20-/m0/s1. The van der Waals surface area contributed by atoms with E-state index < -0.39 is 29.6 Å². The summed E-state index contributed by atoms with van der Waals surface area (Å²) in [6.45, 7) is 8.89. The molecule has 0 saturated heterocycles. The van der Waals surface area contributed by atoms with Crippen molar-refractivity contribution in [3.05, 3.63) is 24.2 Å². The molecule has 0 aromatic heterocycles. The van der Waals surface area contributed by atoms with Crippen LogP contribution < -0.4 is 21.7 Å². The van der Waals surface area contributed by atoms with E-state index in [1.807, 2.05) is 13.8 Å². The molecular weight excluding hydrogens is 436 g/mol. The number of allylic oxidation sites excluding steroid dienone is 1. The molecule has 1 atom stereocenters. The molecule has 2 saturated carbocycles. The fourth-order valence-corrected chi connectivity index (χ4v) is 3.77. The average molecular weight is 475 g/mol. The van der Waals surface area contributed by atoms with Gasteiger partial charge >= 0.3 is 6.09 Å². The molecule has 10 nitrogen and oxygen atoms in total. The molecule has 0 aromatic rings. The molecule has 188 valence electrons. The molecule has 0 bridgehead atoms. The van der Waals surface area contributed by atoms with Crippen molar-refractivity contribution in [3.8, 4) is 0 Å². The molecule has 0 radical (unpaired) electrons. The van der Waals surface area contributed by atoms with Gasteiger partial charge in [0.15, 0.2) is 0 Å². The van der Waals surface area contributed by atoms with Gasteiger partial charge in [-0.2, -0.15) is 0 Å². The summed E-state index contributed by atoms with van der Waals surface area (Å²) in [7, 11) is 0. The Morgan fingerprint density at radius 2 is 1.71 bits per heavy atom. The molecule has 2 aliphatic rings. The molecule has 3 amide bonds. The van der Waals surface area contributed by atoms with Gasteiger partial charge in [0.25, 0.3) is 5.91 Å². The summed E-state index contributed by atoms with van der Waals surface area (Å²) >= 11 is 0. The zero-order valence-corrected chi connectivity index (χ0v) is 20.7. The average Bonchev–Trinajstić information content (AvgIpc) is 3.63. The van der Waals surface area contributed by atoms with Crippen molar-refractivity contribution >= 4 is 29.8 Å². The van der Waals surface area contributed by atoms with Crippen LogP contribution in [0.3, 0.4) is 0 Å². The third-order valence-electron chi connectivity index (χ3n) is 5.34. The summed E-state index contributed by atoms with van der Waals surface area (Å²) in [5, 5.41) is 15.6. The predicted octanol–water partition coefficient (Wildman–Crippen LogP) is 2.36. The number of carbonyl (C=O) groups excluding carboxylic acids is 3. The largest absolute Gasteiger partial charge is 0.444 e. The summed E-state index contributed by atoms with van der Waals surface area (Å²) in [4.78, 5) is 42.6. The molecule has 0 spiro atoms. The van der Waals surface area contributed by atoms with Crippen LogP contribution in [0.4, 0.5) is 4.79 Å².